The molecule has 0 saturated carbocycles. The van der Waals surface area contributed by atoms with E-state index in [1.165, 1.54) is 6.92 Å². The molecule has 0 atom stereocenters. The first-order chi connectivity index (χ1) is 5.07. The van der Waals surface area contributed by atoms with Crippen LogP contribution in [0.5, 0.6) is 0 Å². The van der Waals surface area contributed by atoms with E-state index >= 15 is 0 Å². The minimum Gasteiger partial charge on any atom is -0.466 e. The molecule has 12 heavy (non-hydrogen) atoms. The zero-order valence-electron chi connectivity index (χ0n) is 6.27. The summed E-state index contributed by atoms with van der Waals surface area (Å²) in [6.07, 6.45) is -3.93. The molecular weight excluding hydrogens is 266 g/mol. The first-order valence-electron chi connectivity index (χ1n) is 3.04. The predicted molar refractivity (Wildman–Crippen MR) is 32.3 cm³/mol. The van der Waals surface area contributed by atoms with Gasteiger partial charge in [-0.05, 0) is 6.92 Å². The van der Waals surface area contributed by atoms with Gasteiger partial charge in [0.1, 0.15) is 6.42 Å². The van der Waals surface area contributed by atoms with Crippen molar-refractivity contribution in [2.45, 2.75) is 19.8 Å². The third-order valence-corrected chi connectivity index (χ3v) is 0.867. The smallest absolute Gasteiger partial charge is 0.466 e. The average Bonchev–Trinajstić information content (AvgIpc) is 1.87. The van der Waals surface area contributed by atoms with Crippen molar-refractivity contribution in [1.29, 1.82) is 0 Å². The van der Waals surface area contributed by atoms with Crippen molar-refractivity contribution < 1.29 is 45.5 Å². The Kier molecular flexibility index (Phi) is 8.79. The van der Waals surface area contributed by atoms with E-state index in [2.05, 4.69) is 4.74 Å². The summed E-state index contributed by atoms with van der Waals surface area (Å²) in [7, 11) is 0. The van der Waals surface area contributed by atoms with Crippen molar-refractivity contribution in [3.8, 4) is 0 Å². The predicted octanol–water partition coefficient (Wildman–Crippen LogP) is 0.771. The molecular formula is C6H8AgF2O3+. The zero-order valence-corrected chi connectivity index (χ0v) is 7.76. The number of alkyl halides is 2. The van der Waals surface area contributed by atoms with Gasteiger partial charge < -0.3 is 4.74 Å². The van der Waals surface area contributed by atoms with E-state index in [-0.39, 0.29) is 29.0 Å². The number of hydrogen-bond acceptors (Lipinski definition) is 3. The second kappa shape index (κ2) is 7.39. The maximum absolute atomic E-state index is 11.5. The molecule has 0 aromatic carbocycles. The minimum atomic E-state index is -3.08. The molecule has 3 nitrogen and oxygen atoms in total. The summed E-state index contributed by atoms with van der Waals surface area (Å²) in [5.74, 6) is -2.30. The van der Waals surface area contributed by atoms with Crippen LogP contribution < -0.4 is 0 Å². The van der Waals surface area contributed by atoms with Crippen LogP contribution in [0.25, 0.3) is 0 Å². The summed E-state index contributed by atoms with van der Waals surface area (Å²) in [5.41, 5.74) is 0. The van der Waals surface area contributed by atoms with Crippen LogP contribution in [0.3, 0.4) is 0 Å². The van der Waals surface area contributed by atoms with Crippen molar-refractivity contribution in [3.63, 3.8) is 0 Å². The number of halogens is 2. The second-order valence-electron chi connectivity index (χ2n) is 1.75. The van der Waals surface area contributed by atoms with Gasteiger partial charge >= 0.3 is 28.3 Å². The van der Waals surface area contributed by atoms with Crippen molar-refractivity contribution in [3.05, 3.63) is 0 Å². The maximum atomic E-state index is 11.5. The summed E-state index contributed by atoms with van der Waals surface area (Å²) < 4.78 is 27.2. The van der Waals surface area contributed by atoms with Gasteiger partial charge in [0.15, 0.2) is 0 Å². The molecule has 0 saturated heterocycles. The third kappa shape index (κ3) is 6.45. The number of carbonyl (C=O) groups excluding carboxylic acids is 2. The second-order valence-corrected chi connectivity index (χ2v) is 1.75. The molecule has 0 aliphatic carbocycles. The standard InChI is InChI=1S/C6H8F2O3.Ag/c1-2-11-5(10)3-4(9)6(7)8;/h6H,2-3H2,1H3;/q;+1. The molecule has 0 aromatic rings. The van der Waals surface area contributed by atoms with E-state index in [1.54, 1.807) is 0 Å². The number of esters is 1. The largest absolute Gasteiger partial charge is 1.00 e. The van der Waals surface area contributed by atoms with E-state index in [1.807, 2.05) is 0 Å². The summed E-state index contributed by atoms with van der Waals surface area (Å²) >= 11 is 0. The fourth-order valence-corrected chi connectivity index (χ4v) is 0.431. The van der Waals surface area contributed by atoms with E-state index in [0.717, 1.165) is 0 Å². The van der Waals surface area contributed by atoms with E-state index in [9.17, 15) is 18.4 Å². The fraction of sp³-hybridized carbons (Fsp3) is 0.667. The molecule has 74 valence electrons. The van der Waals surface area contributed by atoms with Gasteiger partial charge in [0, 0.05) is 0 Å². The fourth-order valence-electron chi connectivity index (χ4n) is 0.431. The SMILES string of the molecule is CCOC(=O)CC(=O)C(F)F.[Ag+]. The van der Waals surface area contributed by atoms with E-state index in [0.29, 0.717) is 0 Å². The van der Waals surface area contributed by atoms with E-state index in [4.69, 9.17) is 0 Å². The van der Waals surface area contributed by atoms with Gasteiger partial charge in [0.2, 0.25) is 5.78 Å². The number of carbonyl (C=O) groups is 2. The monoisotopic (exact) mass is 273 g/mol. The normalized spacial score (nSPS) is 9.00. The third-order valence-electron chi connectivity index (χ3n) is 0.867. The molecule has 0 bridgehead atoms. The number of rotatable bonds is 4. The molecule has 0 unspecified atom stereocenters. The van der Waals surface area contributed by atoms with Crippen molar-refractivity contribution >= 4 is 11.8 Å². The van der Waals surface area contributed by atoms with Gasteiger partial charge in [0.25, 0.3) is 6.43 Å². The van der Waals surface area contributed by atoms with Gasteiger partial charge in [-0.1, -0.05) is 0 Å². The van der Waals surface area contributed by atoms with Gasteiger partial charge in [-0.3, -0.25) is 9.59 Å². The molecule has 0 aromatic heterocycles. The Morgan fingerprint density at radius 1 is 1.42 bits per heavy atom. The Morgan fingerprint density at radius 2 is 1.92 bits per heavy atom. The van der Waals surface area contributed by atoms with Crippen LogP contribution >= 0.6 is 0 Å². The molecule has 0 amide bonds. The van der Waals surface area contributed by atoms with Crippen LogP contribution in [0.1, 0.15) is 13.3 Å². The van der Waals surface area contributed by atoms with Gasteiger partial charge in [-0.25, -0.2) is 8.78 Å². The van der Waals surface area contributed by atoms with E-state index < -0.39 is 24.6 Å². The van der Waals surface area contributed by atoms with Crippen LogP contribution in [0.4, 0.5) is 8.78 Å². The molecule has 0 N–H and O–H groups in total. The molecule has 0 heterocycles. The summed E-state index contributed by atoms with van der Waals surface area (Å²) in [6, 6.07) is 0. The van der Waals surface area contributed by atoms with Crippen LogP contribution in [0.15, 0.2) is 0 Å². The Hall–Kier alpha value is -0.260. The molecule has 0 spiro atoms. The number of Topliss-reactive ketones (excluding diaryl/α,β-unsaturated/α-hetero) is 1. The molecule has 0 radical (unpaired) electrons. The Labute approximate surface area is 84.0 Å². The van der Waals surface area contributed by atoms with Crippen LogP contribution in [-0.2, 0) is 36.7 Å². The molecule has 0 fully saturated rings. The van der Waals surface area contributed by atoms with Gasteiger partial charge in [-0.2, -0.15) is 0 Å². The minimum absolute atomic E-state index is 0. The summed E-state index contributed by atoms with van der Waals surface area (Å²) in [4.78, 5) is 20.6. The summed E-state index contributed by atoms with van der Waals surface area (Å²) in [6.45, 7) is 1.63. The average molecular weight is 274 g/mol. The Balaban J connectivity index is 0. The molecule has 0 aliphatic rings. The van der Waals surface area contributed by atoms with Crippen molar-refractivity contribution in [1.82, 2.24) is 0 Å². The van der Waals surface area contributed by atoms with Gasteiger partial charge in [0.05, 0.1) is 6.61 Å². The zero-order chi connectivity index (χ0) is 8.85. The Morgan fingerprint density at radius 3 is 2.25 bits per heavy atom. The molecule has 0 rings (SSSR count). The number of hydrogen-bond donors (Lipinski definition) is 0. The summed E-state index contributed by atoms with van der Waals surface area (Å²) in [5, 5.41) is 0. The molecule has 0 aliphatic heterocycles. The van der Waals surface area contributed by atoms with Gasteiger partial charge in [-0.15, -0.1) is 0 Å². The first-order valence-corrected chi connectivity index (χ1v) is 3.04. The quantitative estimate of drug-likeness (QED) is 0.432. The van der Waals surface area contributed by atoms with Crippen LogP contribution in [-0.4, -0.2) is 24.8 Å². The van der Waals surface area contributed by atoms with Crippen molar-refractivity contribution in [2.24, 2.45) is 0 Å². The topological polar surface area (TPSA) is 43.4 Å². The molecule has 6 heteroatoms. The maximum Gasteiger partial charge on any atom is 1.00 e. The number of ketones is 1. The van der Waals surface area contributed by atoms with Crippen LogP contribution in [0.2, 0.25) is 0 Å². The number of ether oxygens (including phenoxy) is 1. The van der Waals surface area contributed by atoms with Crippen LogP contribution in [0, 0.1) is 0 Å². The Bertz CT molecular complexity index is 161. The van der Waals surface area contributed by atoms with Crippen molar-refractivity contribution in [2.75, 3.05) is 6.61 Å². The first kappa shape index (κ1) is 14.3.